The van der Waals surface area contributed by atoms with Crippen LogP contribution >= 0.6 is 0 Å². The van der Waals surface area contributed by atoms with Crippen LogP contribution in [0.1, 0.15) is 52.4 Å². The maximum absolute atomic E-state index is 2.59. The highest BCUT2D eigenvalue weighted by Crippen LogP contribution is 2.63. The molecule has 4 unspecified atom stereocenters. The van der Waals surface area contributed by atoms with E-state index in [1.807, 2.05) is 0 Å². The summed E-state index contributed by atoms with van der Waals surface area (Å²) in [6.45, 7) is 5.18. The molecule has 4 rings (SSSR count). The summed E-state index contributed by atoms with van der Waals surface area (Å²) in [6, 6.07) is 0. The zero-order valence-corrected chi connectivity index (χ0v) is 10.9. The molecule has 0 nitrogen and oxygen atoms in total. The zero-order valence-electron chi connectivity index (χ0n) is 10.9. The second-order valence-corrected chi connectivity index (χ2v) is 7.54. The van der Waals surface area contributed by atoms with Crippen molar-refractivity contribution in [2.24, 2.45) is 47.3 Å². The molecule has 0 heteroatoms. The van der Waals surface area contributed by atoms with Crippen LogP contribution in [-0.4, -0.2) is 0 Å². The molecular formula is C16H26. The maximum Gasteiger partial charge on any atom is -0.0324 e. The van der Waals surface area contributed by atoms with E-state index in [1.54, 1.807) is 38.5 Å². The van der Waals surface area contributed by atoms with Gasteiger partial charge in [0.15, 0.2) is 0 Å². The molecule has 4 bridgehead atoms. The van der Waals surface area contributed by atoms with Gasteiger partial charge in [0.05, 0.1) is 0 Å². The van der Waals surface area contributed by atoms with E-state index in [9.17, 15) is 0 Å². The van der Waals surface area contributed by atoms with E-state index in [4.69, 9.17) is 0 Å². The Morgan fingerprint density at radius 1 is 0.562 bits per heavy atom. The smallest absolute Gasteiger partial charge is 0.0324 e. The fraction of sp³-hybridized carbons (Fsp3) is 1.00. The van der Waals surface area contributed by atoms with Gasteiger partial charge in [-0.2, -0.15) is 0 Å². The summed E-state index contributed by atoms with van der Waals surface area (Å²) in [6.07, 6.45) is 9.51. The van der Waals surface area contributed by atoms with Crippen molar-refractivity contribution in [2.45, 2.75) is 52.4 Å². The summed E-state index contributed by atoms with van der Waals surface area (Å²) in [5, 5.41) is 0. The molecule has 0 saturated heterocycles. The average molecular weight is 218 g/mol. The van der Waals surface area contributed by atoms with Gasteiger partial charge in [0, 0.05) is 0 Å². The van der Waals surface area contributed by atoms with Crippen LogP contribution in [0.4, 0.5) is 0 Å². The monoisotopic (exact) mass is 218 g/mol. The third-order valence-corrected chi connectivity index (χ3v) is 7.26. The van der Waals surface area contributed by atoms with Gasteiger partial charge in [-0.05, 0) is 85.9 Å². The largest absolute Gasteiger partial charge is 0.0620 e. The third kappa shape index (κ3) is 1.12. The molecule has 0 amide bonds. The van der Waals surface area contributed by atoms with E-state index in [0.717, 1.165) is 47.3 Å². The minimum atomic E-state index is 1.07. The topological polar surface area (TPSA) is 0 Å². The fourth-order valence-corrected chi connectivity index (χ4v) is 6.58. The van der Waals surface area contributed by atoms with E-state index in [-0.39, 0.29) is 0 Å². The molecule has 0 radical (unpaired) electrons. The zero-order chi connectivity index (χ0) is 10.9. The van der Waals surface area contributed by atoms with Crippen molar-refractivity contribution in [3.8, 4) is 0 Å². The van der Waals surface area contributed by atoms with Gasteiger partial charge in [-0.15, -0.1) is 0 Å². The van der Waals surface area contributed by atoms with Crippen molar-refractivity contribution in [1.29, 1.82) is 0 Å². The van der Waals surface area contributed by atoms with Gasteiger partial charge in [0.2, 0.25) is 0 Å². The first kappa shape index (κ1) is 9.97. The lowest BCUT2D eigenvalue weighted by atomic mass is 9.64. The van der Waals surface area contributed by atoms with E-state index in [0.29, 0.717) is 0 Å². The lowest BCUT2D eigenvalue weighted by Gasteiger charge is -2.40. The first-order valence-electron chi connectivity index (χ1n) is 7.75. The van der Waals surface area contributed by atoms with Crippen LogP contribution in [0, 0.1) is 47.3 Å². The van der Waals surface area contributed by atoms with Crippen molar-refractivity contribution in [1.82, 2.24) is 0 Å². The summed E-state index contributed by atoms with van der Waals surface area (Å²) in [5.41, 5.74) is 0. The molecule has 16 heavy (non-hydrogen) atoms. The lowest BCUT2D eigenvalue weighted by Crippen LogP contribution is -2.34. The molecular weight excluding hydrogens is 192 g/mol. The highest BCUT2D eigenvalue weighted by Gasteiger charge is 2.55. The summed E-state index contributed by atoms with van der Waals surface area (Å²) in [5.74, 6) is 8.98. The molecule has 4 fully saturated rings. The van der Waals surface area contributed by atoms with E-state index in [2.05, 4.69) is 13.8 Å². The van der Waals surface area contributed by atoms with Gasteiger partial charge in [0.1, 0.15) is 0 Å². The molecule has 0 heterocycles. The summed E-state index contributed by atoms with van der Waals surface area (Å²) >= 11 is 0. The quantitative estimate of drug-likeness (QED) is 0.614. The second kappa shape index (κ2) is 3.27. The summed E-state index contributed by atoms with van der Waals surface area (Å²) < 4.78 is 0. The van der Waals surface area contributed by atoms with Gasteiger partial charge < -0.3 is 0 Å². The van der Waals surface area contributed by atoms with Gasteiger partial charge in [-0.1, -0.05) is 13.8 Å². The first-order chi connectivity index (χ1) is 7.75. The normalized spacial score (nSPS) is 63.4. The van der Waals surface area contributed by atoms with Gasteiger partial charge >= 0.3 is 0 Å². The Kier molecular flexibility index (Phi) is 2.04. The first-order valence-corrected chi connectivity index (χ1v) is 7.75. The molecule has 8 atom stereocenters. The van der Waals surface area contributed by atoms with E-state index < -0.39 is 0 Å². The van der Waals surface area contributed by atoms with Crippen LogP contribution < -0.4 is 0 Å². The van der Waals surface area contributed by atoms with E-state index >= 15 is 0 Å². The molecule has 4 saturated carbocycles. The Bertz CT molecular complexity index is 260. The van der Waals surface area contributed by atoms with Crippen LogP contribution in [0.2, 0.25) is 0 Å². The predicted molar refractivity (Wildman–Crippen MR) is 67.0 cm³/mol. The van der Waals surface area contributed by atoms with Crippen LogP contribution in [0.5, 0.6) is 0 Å². The fourth-order valence-electron chi connectivity index (χ4n) is 6.58. The van der Waals surface area contributed by atoms with Crippen LogP contribution in [0.25, 0.3) is 0 Å². The molecule has 0 aliphatic heterocycles. The van der Waals surface area contributed by atoms with Gasteiger partial charge in [0.25, 0.3) is 0 Å². The van der Waals surface area contributed by atoms with Crippen molar-refractivity contribution in [3.05, 3.63) is 0 Å². The average Bonchev–Trinajstić information content (AvgIpc) is 2.98. The Morgan fingerprint density at radius 3 is 1.25 bits per heavy atom. The molecule has 90 valence electrons. The Morgan fingerprint density at radius 2 is 0.938 bits per heavy atom. The molecule has 0 N–H and O–H groups in total. The molecule has 4 aliphatic carbocycles. The molecule has 0 aromatic carbocycles. The summed E-state index contributed by atoms with van der Waals surface area (Å²) in [4.78, 5) is 0. The number of hydrogen-bond donors (Lipinski definition) is 0. The molecule has 0 aromatic heterocycles. The Balaban J connectivity index is 1.62. The van der Waals surface area contributed by atoms with Crippen LogP contribution in [-0.2, 0) is 0 Å². The highest BCUT2D eigenvalue weighted by atomic mass is 14.6. The van der Waals surface area contributed by atoms with E-state index in [1.165, 1.54) is 0 Å². The van der Waals surface area contributed by atoms with Crippen LogP contribution in [0.3, 0.4) is 0 Å². The molecule has 4 aliphatic rings. The van der Waals surface area contributed by atoms with Crippen molar-refractivity contribution in [2.75, 3.05) is 0 Å². The Hall–Kier alpha value is 0. The maximum atomic E-state index is 2.59. The number of rotatable bonds is 1. The minimum absolute atomic E-state index is 1.07. The molecule has 0 aromatic rings. The van der Waals surface area contributed by atoms with Crippen molar-refractivity contribution < 1.29 is 0 Å². The Labute approximate surface area is 100 Å². The SMILES string of the molecule is CC1C(C2C(C)[C@@H]3CC[C@H]2C3)[C@H]2CC[C@@H]1C2. The number of hydrogen-bond acceptors (Lipinski definition) is 0. The predicted octanol–water partition coefficient (Wildman–Crippen LogP) is 4.35. The van der Waals surface area contributed by atoms with Crippen molar-refractivity contribution in [3.63, 3.8) is 0 Å². The van der Waals surface area contributed by atoms with Gasteiger partial charge in [-0.3, -0.25) is 0 Å². The van der Waals surface area contributed by atoms with Crippen LogP contribution in [0.15, 0.2) is 0 Å². The standard InChI is InChI=1S/C16H26/c1-9-11-3-5-13(7-11)15(9)16-10(2)12-4-6-14(16)8-12/h9-16H,3-8H2,1-2H3/t9?,10?,11-,12-,13+,14+,15?,16?/m1/s1. The lowest BCUT2D eigenvalue weighted by molar-refractivity contribution is 0.0776. The van der Waals surface area contributed by atoms with Gasteiger partial charge in [-0.25, -0.2) is 0 Å². The molecule has 0 spiro atoms. The summed E-state index contributed by atoms with van der Waals surface area (Å²) in [7, 11) is 0. The highest BCUT2D eigenvalue weighted by molar-refractivity contribution is 5.04. The third-order valence-electron chi connectivity index (χ3n) is 7.26. The minimum Gasteiger partial charge on any atom is -0.0620 e. The number of fused-ring (bicyclic) bond motifs is 4. The van der Waals surface area contributed by atoms with Crippen molar-refractivity contribution >= 4 is 0 Å². The second-order valence-electron chi connectivity index (χ2n) is 7.54.